The summed E-state index contributed by atoms with van der Waals surface area (Å²) in [6.45, 7) is 4.36. The fourth-order valence-corrected chi connectivity index (χ4v) is 8.75. The number of carbonyl (C=O) groups is 1. The second-order valence-electron chi connectivity index (χ2n) is 19.0. The summed E-state index contributed by atoms with van der Waals surface area (Å²) in [5.74, 6) is -0.0356. The predicted octanol–water partition coefficient (Wildman–Crippen LogP) is 17.9. The van der Waals surface area contributed by atoms with Gasteiger partial charge in [-0.25, -0.2) is 0 Å². The summed E-state index contributed by atoms with van der Waals surface area (Å²) in [7, 11) is 0. The molecule has 0 rings (SSSR count). The van der Waals surface area contributed by atoms with Gasteiger partial charge in [0.1, 0.15) is 0 Å². The molecule has 0 aromatic heterocycles. The average Bonchev–Trinajstić information content (AvgIpc) is 3.25. The molecular formula is C56H109NO3. The maximum atomic E-state index is 12.4. The van der Waals surface area contributed by atoms with E-state index in [-0.39, 0.29) is 12.5 Å². The zero-order valence-electron chi connectivity index (χ0n) is 41.0. The molecule has 0 aliphatic rings. The topological polar surface area (TPSA) is 69.6 Å². The van der Waals surface area contributed by atoms with Gasteiger partial charge in [-0.15, -0.1) is 0 Å². The second-order valence-corrected chi connectivity index (χ2v) is 19.0. The van der Waals surface area contributed by atoms with Gasteiger partial charge in [0.15, 0.2) is 0 Å². The van der Waals surface area contributed by atoms with Gasteiger partial charge in [0.2, 0.25) is 5.91 Å². The van der Waals surface area contributed by atoms with Crippen molar-refractivity contribution >= 4 is 5.91 Å². The Morgan fingerprint density at radius 1 is 0.400 bits per heavy atom. The fraction of sp³-hybridized carbons (Fsp3) is 0.911. The van der Waals surface area contributed by atoms with E-state index in [0.29, 0.717) is 12.8 Å². The van der Waals surface area contributed by atoms with Crippen LogP contribution in [0.25, 0.3) is 0 Å². The van der Waals surface area contributed by atoms with E-state index in [9.17, 15) is 15.0 Å². The Hall–Kier alpha value is -1.13. The Balaban J connectivity index is 3.41. The third kappa shape index (κ3) is 47.9. The van der Waals surface area contributed by atoms with Crippen LogP contribution < -0.4 is 5.32 Å². The summed E-state index contributed by atoms with van der Waals surface area (Å²) < 4.78 is 0. The quantitative estimate of drug-likeness (QED) is 0.0422. The summed E-state index contributed by atoms with van der Waals surface area (Å²) in [4.78, 5) is 12.4. The van der Waals surface area contributed by atoms with E-state index in [1.807, 2.05) is 0 Å². The number of allylic oxidation sites excluding steroid dienone is 4. The zero-order valence-corrected chi connectivity index (χ0v) is 41.0. The van der Waals surface area contributed by atoms with Crippen LogP contribution in [0, 0.1) is 0 Å². The zero-order chi connectivity index (χ0) is 43.5. The average molecular weight is 844 g/mol. The van der Waals surface area contributed by atoms with E-state index in [0.717, 1.165) is 32.1 Å². The van der Waals surface area contributed by atoms with Gasteiger partial charge in [-0.05, 0) is 44.9 Å². The molecule has 0 radical (unpaired) electrons. The molecule has 4 nitrogen and oxygen atoms in total. The molecule has 0 saturated carbocycles. The SMILES string of the molecule is CCCCC/C=C\C/C=C\CCCCCCCCCC(=O)NC(CO)C(O)CCCCCCCCCCCCCCCCCCCCCCCCCCCCCCCCC. The van der Waals surface area contributed by atoms with Crippen molar-refractivity contribution in [3.63, 3.8) is 0 Å². The Bertz CT molecular complexity index is 871. The minimum Gasteiger partial charge on any atom is -0.394 e. The van der Waals surface area contributed by atoms with Crippen molar-refractivity contribution in [3.8, 4) is 0 Å². The molecule has 1 amide bonds. The molecule has 0 spiro atoms. The Morgan fingerprint density at radius 2 is 0.683 bits per heavy atom. The highest BCUT2D eigenvalue weighted by atomic mass is 16.3. The Labute approximate surface area is 377 Å². The minimum atomic E-state index is -0.663. The number of unbranched alkanes of at least 4 members (excludes halogenated alkanes) is 40. The Morgan fingerprint density at radius 3 is 1.03 bits per heavy atom. The molecule has 0 bridgehead atoms. The summed E-state index contributed by atoms with van der Waals surface area (Å²) in [6.07, 6.45) is 68.8. The molecule has 4 heteroatoms. The molecule has 0 saturated heterocycles. The number of hydrogen-bond acceptors (Lipinski definition) is 3. The van der Waals surface area contributed by atoms with Crippen LogP contribution in [0.1, 0.15) is 309 Å². The van der Waals surface area contributed by atoms with Gasteiger partial charge < -0.3 is 15.5 Å². The lowest BCUT2D eigenvalue weighted by Gasteiger charge is -2.22. The van der Waals surface area contributed by atoms with E-state index in [1.54, 1.807) is 0 Å². The number of nitrogens with one attached hydrogen (secondary N) is 1. The summed E-state index contributed by atoms with van der Waals surface area (Å²) in [6, 6.07) is -0.540. The minimum absolute atomic E-state index is 0.0356. The van der Waals surface area contributed by atoms with Crippen LogP contribution in [0.5, 0.6) is 0 Å². The first kappa shape index (κ1) is 58.9. The van der Waals surface area contributed by atoms with Crippen molar-refractivity contribution in [3.05, 3.63) is 24.3 Å². The van der Waals surface area contributed by atoms with Gasteiger partial charge >= 0.3 is 0 Å². The number of carbonyl (C=O) groups excluding carboxylic acids is 1. The van der Waals surface area contributed by atoms with Crippen LogP contribution in [0.4, 0.5) is 0 Å². The van der Waals surface area contributed by atoms with Gasteiger partial charge in [0.25, 0.3) is 0 Å². The lowest BCUT2D eigenvalue weighted by atomic mass is 10.0. The molecule has 0 heterocycles. The molecule has 0 aromatic rings. The van der Waals surface area contributed by atoms with Gasteiger partial charge in [0, 0.05) is 6.42 Å². The number of rotatable bonds is 51. The molecule has 0 aromatic carbocycles. The predicted molar refractivity (Wildman–Crippen MR) is 267 cm³/mol. The highest BCUT2D eigenvalue weighted by Gasteiger charge is 2.20. The van der Waals surface area contributed by atoms with Crippen LogP contribution in [0.15, 0.2) is 24.3 Å². The number of aliphatic hydroxyl groups is 2. The van der Waals surface area contributed by atoms with Crippen LogP contribution in [0.2, 0.25) is 0 Å². The normalized spacial score (nSPS) is 12.9. The molecule has 0 aliphatic heterocycles. The largest absolute Gasteiger partial charge is 0.394 e. The van der Waals surface area contributed by atoms with Crippen molar-refractivity contribution in [2.24, 2.45) is 0 Å². The summed E-state index contributed by atoms with van der Waals surface area (Å²) in [5, 5.41) is 23.3. The Kier molecular flexibility index (Phi) is 51.2. The second kappa shape index (κ2) is 52.2. The smallest absolute Gasteiger partial charge is 0.220 e. The van der Waals surface area contributed by atoms with Crippen LogP contribution in [0.3, 0.4) is 0 Å². The van der Waals surface area contributed by atoms with Crippen molar-refractivity contribution in [1.29, 1.82) is 0 Å². The summed E-state index contributed by atoms with van der Waals surface area (Å²) in [5.41, 5.74) is 0. The third-order valence-corrected chi connectivity index (χ3v) is 13.0. The first-order valence-electron chi connectivity index (χ1n) is 27.5. The fourth-order valence-electron chi connectivity index (χ4n) is 8.75. The van der Waals surface area contributed by atoms with Crippen LogP contribution in [-0.2, 0) is 4.79 Å². The standard InChI is InChI=1S/C56H109NO3/c1-3-5-7-9-11-13-15-17-19-21-22-23-24-25-26-27-28-29-30-31-32-33-34-36-37-39-41-43-45-47-49-51-55(59)54(53-58)57-56(60)52-50-48-46-44-42-40-38-35-20-18-16-14-12-10-8-6-4-2/h12,14,18,20,54-55,58-59H,3-11,13,15-17,19,21-53H2,1-2H3,(H,57,60)/b14-12-,20-18-. The third-order valence-electron chi connectivity index (χ3n) is 13.0. The molecular weight excluding hydrogens is 735 g/mol. The van der Waals surface area contributed by atoms with Crippen molar-refractivity contribution in [2.45, 2.75) is 321 Å². The molecule has 60 heavy (non-hydrogen) atoms. The molecule has 3 N–H and O–H groups in total. The number of hydrogen-bond donors (Lipinski definition) is 3. The summed E-state index contributed by atoms with van der Waals surface area (Å²) >= 11 is 0. The number of aliphatic hydroxyl groups excluding tert-OH is 2. The van der Waals surface area contributed by atoms with Gasteiger partial charge in [-0.1, -0.05) is 282 Å². The van der Waals surface area contributed by atoms with Crippen LogP contribution in [-0.4, -0.2) is 34.9 Å². The van der Waals surface area contributed by atoms with E-state index in [1.165, 1.54) is 250 Å². The van der Waals surface area contributed by atoms with Crippen LogP contribution >= 0.6 is 0 Å². The molecule has 2 atom stereocenters. The molecule has 356 valence electrons. The van der Waals surface area contributed by atoms with E-state index >= 15 is 0 Å². The van der Waals surface area contributed by atoms with E-state index in [4.69, 9.17) is 0 Å². The van der Waals surface area contributed by atoms with Gasteiger partial charge in [-0.3, -0.25) is 4.79 Å². The van der Waals surface area contributed by atoms with E-state index in [2.05, 4.69) is 43.5 Å². The highest BCUT2D eigenvalue weighted by Crippen LogP contribution is 2.18. The first-order valence-corrected chi connectivity index (χ1v) is 27.5. The molecule has 0 aliphatic carbocycles. The lowest BCUT2D eigenvalue weighted by molar-refractivity contribution is -0.123. The van der Waals surface area contributed by atoms with Crippen molar-refractivity contribution < 1.29 is 15.0 Å². The van der Waals surface area contributed by atoms with Crippen molar-refractivity contribution in [2.75, 3.05) is 6.61 Å². The van der Waals surface area contributed by atoms with Gasteiger partial charge in [-0.2, -0.15) is 0 Å². The maximum Gasteiger partial charge on any atom is 0.220 e. The first-order chi connectivity index (χ1) is 29.7. The monoisotopic (exact) mass is 844 g/mol. The maximum absolute atomic E-state index is 12.4. The lowest BCUT2D eigenvalue weighted by Crippen LogP contribution is -2.45. The molecule has 0 fully saturated rings. The van der Waals surface area contributed by atoms with Gasteiger partial charge in [0.05, 0.1) is 18.8 Å². The number of amides is 1. The van der Waals surface area contributed by atoms with E-state index < -0.39 is 12.1 Å². The highest BCUT2D eigenvalue weighted by molar-refractivity contribution is 5.76. The molecule has 2 unspecified atom stereocenters. The van der Waals surface area contributed by atoms with Crippen molar-refractivity contribution in [1.82, 2.24) is 5.32 Å².